The third kappa shape index (κ3) is 18.7. The number of aryl methyl sites for hydroxylation is 4. The summed E-state index contributed by atoms with van der Waals surface area (Å²) in [6, 6.07) is 39.7. The van der Waals surface area contributed by atoms with Gasteiger partial charge in [0.15, 0.2) is 0 Å². The van der Waals surface area contributed by atoms with E-state index in [0.29, 0.717) is 0 Å². The quantitative estimate of drug-likeness (QED) is 0.0327. The van der Waals surface area contributed by atoms with Crippen LogP contribution in [0.25, 0.3) is 16.9 Å². The number of hydrogen-bond donors (Lipinski definition) is 0. The van der Waals surface area contributed by atoms with Crippen molar-refractivity contribution in [3.63, 3.8) is 0 Å². The maximum Gasteiger partial charge on any atom is 2.00 e. The van der Waals surface area contributed by atoms with Crippen LogP contribution < -0.4 is 0 Å². The monoisotopic (exact) mass is 809 g/mol. The minimum Gasteiger partial charge on any atom is -0.493 e. The largest absolute Gasteiger partial charge is 2.00 e. The second kappa shape index (κ2) is 30.5. The fourth-order valence-electron chi connectivity index (χ4n) is 7.40. The van der Waals surface area contributed by atoms with Crippen LogP contribution in [0.3, 0.4) is 0 Å². The molecular formula is C54H74N2Ni. The molecule has 0 aliphatic carbocycles. The summed E-state index contributed by atoms with van der Waals surface area (Å²) < 4.78 is 1.57. The van der Waals surface area contributed by atoms with Gasteiger partial charge in [-0.3, -0.25) is 0 Å². The average molecular weight is 810 g/mol. The normalized spacial score (nSPS) is 12.1. The van der Waals surface area contributed by atoms with E-state index >= 15 is 0 Å². The Bertz CT molecular complexity index is 1590. The van der Waals surface area contributed by atoms with Crippen LogP contribution in [-0.2, 0) is 29.3 Å². The van der Waals surface area contributed by atoms with E-state index in [-0.39, 0.29) is 16.5 Å². The van der Waals surface area contributed by atoms with Gasteiger partial charge in [-0.05, 0) is 86.8 Å². The van der Waals surface area contributed by atoms with Crippen LogP contribution in [0.4, 0.5) is 0 Å². The fourth-order valence-corrected chi connectivity index (χ4v) is 7.40. The summed E-state index contributed by atoms with van der Waals surface area (Å²) in [5.41, 5.74) is 24.5. The topological polar surface area (TPSA) is 25.3 Å². The van der Waals surface area contributed by atoms with Gasteiger partial charge in [0.2, 0.25) is 11.4 Å². The standard InChI is InChI=1S/C40H60N2.2C7H7.Ni/c1-5-9-13-15-17-19-23-33-25-21-27-35(31-33)39-37(29-11-7-3)38(30-12-8-4)40(42(39)41)36-28-22-26-34(32-36)24-20-18-16-14-10-6-2;2*1-7-5-3-2-4-6-7;/h21-22,25-28,31-32H,5-20,23-24,29-30H2,1-4H3;2*3-6H,1H3;/q;2*-1;+2. The molecule has 1 aliphatic heterocycles. The zero-order chi connectivity index (χ0) is 40.2. The predicted octanol–water partition coefficient (Wildman–Crippen LogP) is 16.6. The minimum absolute atomic E-state index is 0. The van der Waals surface area contributed by atoms with Crippen molar-refractivity contribution < 1.29 is 21.2 Å². The molecule has 1 heterocycles. The van der Waals surface area contributed by atoms with Crippen LogP contribution >= 0.6 is 0 Å². The third-order valence-corrected chi connectivity index (χ3v) is 10.7. The van der Waals surface area contributed by atoms with Crippen LogP contribution in [0.15, 0.2) is 108 Å². The Balaban J connectivity index is 0.000000621. The molecule has 0 radical (unpaired) electrons. The minimum atomic E-state index is 0. The zero-order valence-corrected chi connectivity index (χ0v) is 37.6. The van der Waals surface area contributed by atoms with Gasteiger partial charge in [0.1, 0.15) is 0 Å². The van der Waals surface area contributed by atoms with Gasteiger partial charge >= 0.3 is 16.5 Å². The van der Waals surface area contributed by atoms with E-state index in [9.17, 15) is 5.53 Å². The molecule has 0 fully saturated rings. The molecular weight excluding hydrogens is 735 g/mol. The average Bonchev–Trinajstić information content (AvgIpc) is 3.50. The second-order valence-corrected chi connectivity index (χ2v) is 15.8. The molecule has 4 aromatic carbocycles. The second-order valence-electron chi connectivity index (χ2n) is 15.8. The fraction of sp³-hybridized carbons (Fsp3) is 0.481. The van der Waals surface area contributed by atoms with Crippen LogP contribution in [0, 0.1) is 26.0 Å². The number of rotatable bonds is 22. The molecule has 4 aromatic rings. The van der Waals surface area contributed by atoms with Crippen molar-refractivity contribution in [1.82, 2.24) is 0 Å². The van der Waals surface area contributed by atoms with Crippen LogP contribution in [0.5, 0.6) is 0 Å². The zero-order valence-electron chi connectivity index (χ0n) is 36.6. The Morgan fingerprint density at radius 3 is 1.12 bits per heavy atom. The predicted molar refractivity (Wildman–Crippen MR) is 244 cm³/mol. The van der Waals surface area contributed by atoms with E-state index in [2.05, 4.69) is 102 Å². The summed E-state index contributed by atoms with van der Waals surface area (Å²) >= 11 is 0. The van der Waals surface area contributed by atoms with Crippen molar-refractivity contribution in [1.29, 1.82) is 0 Å². The first kappa shape index (κ1) is 49.6. The molecule has 0 saturated carbocycles. The van der Waals surface area contributed by atoms with Gasteiger partial charge in [0.25, 0.3) is 0 Å². The molecule has 0 spiro atoms. The molecule has 0 aromatic heterocycles. The van der Waals surface area contributed by atoms with E-state index in [1.165, 1.54) is 122 Å². The van der Waals surface area contributed by atoms with Gasteiger partial charge in [-0.15, -0.1) is 0 Å². The maximum absolute atomic E-state index is 12.0. The Kier molecular flexibility index (Phi) is 26.6. The van der Waals surface area contributed by atoms with Gasteiger partial charge in [-0.2, -0.15) is 71.8 Å². The first-order valence-electron chi connectivity index (χ1n) is 22.4. The van der Waals surface area contributed by atoms with Gasteiger partial charge in [0, 0.05) is 22.3 Å². The summed E-state index contributed by atoms with van der Waals surface area (Å²) in [6.45, 7) is 13.2. The Morgan fingerprint density at radius 1 is 0.439 bits per heavy atom. The van der Waals surface area contributed by atoms with Crippen molar-refractivity contribution in [3.05, 3.63) is 159 Å². The molecule has 1 aliphatic rings. The van der Waals surface area contributed by atoms with E-state index in [1.807, 2.05) is 48.5 Å². The molecule has 3 heteroatoms. The van der Waals surface area contributed by atoms with Crippen LogP contribution in [0.1, 0.15) is 177 Å². The summed E-state index contributed by atoms with van der Waals surface area (Å²) in [5, 5.41) is 0. The number of hydrogen-bond acceptors (Lipinski definition) is 0. The summed E-state index contributed by atoms with van der Waals surface area (Å²) in [6.07, 6.45) is 24.7. The molecule has 57 heavy (non-hydrogen) atoms. The van der Waals surface area contributed by atoms with E-state index < -0.39 is 0 Å². The molecule has 0 N–H and O–H groups in total. The first-order chi connectivity index (χ1) is 27.4. The Hall–Kier alpha value is -3.55. The molecule has 0 bridgehead atoms. The van der Waals surface area contributed by atoms with E-state index in [0.717, 1.165) is 62.8 Å². The molecule has 0 saturated heterocycles. The van der Waals surface area contributed by atoms with Gasteiger partial charge in [0.05, 0.1) is 0 Å². The van der Waals surface area contributed by atoms with Gasteiger partial charge < -0.3 is 5.53 Å². The van der Waals surface area contributed by atoms with Gasteiger partial charge in [-0.1, -0.05) is 143 Å². The van der Waals surface area contributed by atoms with Crippen molar-refractivity contribution in [2.45, 2.75) is 170 Å². The summed E-state index contributed by atoms with van der Waals surface area (Å²) in [4.78, 5) is 0. The molecule has 0 amide bonds. The van der Waals surface area contributed by atoms with E-state index in [1.54, 1.807) is 4.70 Å². The van der Waals surface area contributed by atoms with Crippen LogP contribution in [-0.4, -0.2) is 4.70 Å². The smallest absolute Gasteiger partial charge is 0.493 e. The number of benzene rings is 4. The summed E-state index contributed by atoms with van der Waals surface area (Å²) in [5.74, 6) is 0. The Labute approximate surface area is 360 Å². The van der Waals surface area contributed by atoms with Crippen molar-refractivity contribution in [2.75, 3.05) is 0 Å². The molecule has 310 valence electrons. The van der Waals surface area contributed by atoms with Gasteiger partial charge in [-0.25, -0.2) is 4.70 Å². The first-order valence-corrected chi connectivity index (χ1v) is 22.4. The number of nitrogens with zero attached hydrogens (tertiary/aromatic N) is 2. The Morgan fingerprint density at radius 2 is 0.789 bits per heavy atom. The SMILES string of the molecule is CCCCCCCCc1cccc(C2=C(CCCC)C(CCCC)=C(c3cccc(CCCCCCCC)c3)[N+]2=[N-])c1.Cc1cc[c-]cc1.Cc1cc[c-]cc1.[Ni+2]. The van der Waals surface area contributed by atoms with Crippen molar-refractivity contribution in [2.24, 2.45) is 0 Å². The van der Waals surface area contributed by atoms with Crippen molar-refractivity contribution in [3.8, 4) is 0 Å². The van der Waals surface area contributed by atoms with Crippen molar-refractivity contribution >= 4 is 11.4 Å². The molecule has 0 unspecified atom stereocenters. The maximum atomic E-state index is 12.0. The van der Waals surface area contributed by atoms with Crippen LogP contribution in [0.2, 0.25) is 0 Å². The molecule has 2 nitrogen and oxygen atoms in total. The summed E-state index contributed by atoms with van der Waals surface area (Å²) in [7, 11) is 0. The molecule has 5 rings (SSSR count). The number of unbranched alkanes of at least 4 members (excludes halogenated alkanes) is 12. The number of allylic oxidation sites excluding steroid dienone is 2. The molecule has 0 atom stereocenters. The van der Waals surface area contributed by atoms with E-state index in [4.69, 9.17) is 0 Å². The third-order valence-electron chi connectivity index (χ3n) is 10.7.